The molecule has 3 aliphatic rings. The van der Waals surface area contributed by atoms with E-state index in [0.29, 0.717) is 45.4 Å². The molecule has 0 saturated carbocycles. The highest BCUT2D eigenvalue weighted by atomic mass is 79.9. The maximum Gasteiger partial charge on any atom is 0.247 e. The van der Waals surface area contributed by atoms with Crippen LogP contribution in [-0.4, -0.2) is 86.3 Å². The molecule has 1 aromatic carbocycles. The predicted octanol–water partition coefficient (Wildman–Crippen LogP) is 5.04. The van der Waals surface area contributed by atoms with Gasteiger partial charge in [0.1, 0.15) is 6.04 Å². The number of aliphatic hydroxyl groups is 1. The summed E-state index contributed by atoms with van der Waals surface area (Å²) in [5.41, 5.74) is 0.775. The number of aliphatic hydroxyl groups excluding tert-OH is 1. The smallest absolute Gasteiger partial charge is 0.247 e. The van der Waals surface area contributed by atoms with Gasteiger partial charge in [0.05, 0.1) is 16.6 Å². The number of hydrogen-bond acceptors (Lipinski definition) is 5. The van der Waals surface area contributed by atoms with Crippen molar-refractivity contribution in [2.45, 2.75) is 72.7 Å². The third kappa shape index (κ3) is 6.18. The fraction of sp³-hybridized carbons (Fsp3) is 0.594. The van der Waals surface area contributed by atoms with E-state index in [4.69, 9.17) is 0 Å². The molecule has 4 rings (SSSR count). The number of fused-ring (bicyclic) bond motifs is 1. The third-order valence-electron chi connectivity index (χ3n) is 8.70. The molecular weight excluding hydrogens is 602 g/mol. The number of likely N-dealkylation sites (tertiary alicyclic amines) is 1. The van der Waals surface area contributed by atoms with Crippen molar-refractivity contribution in [3.8, 4) is 0 Å². The zero-order valence-corrected chi connectivity index (χ0v) is 26.5. The first-order chi connectivity index (χ1) is 19.9. The number of anilines is 1. The van der Waals surface area contributed by atoms with Crippen LogP contribution < -0.4 is 4.90 Å². The monoisotopic (exact) mass is 645 g/mol. The van der Waals surface area contributed by atoms with Crippen molar-refractivity contribution < 1.29 is 19.5 Å². The Morgan fingerprint density at radius 3 is 2.49 bits per heavy atom. The minimum absolute atomic E-state index is 0.0180. The molecule has 7 nitrogen and oxygen atoms in total. The lowest BCUT2D eigenvalue weighted by Crippen LogP contribution is -2.56. The van der Waals surface area contributed by atoms with Gasteiger partial charge in [-0.25, -0.2) is 0 Å². The van der Waals surface area contributed by atoms with E-state index in [1.165, 1.54) is 0 Å². The Morgan fingerprint density at radius 2 is 1.83 bits per heavy atom. The molecule has 1 spiro atoms. The van der Waals surface area contributed by atoms with E-state index in [2.05, 4.69) is 36.0 Å². The normalized spacial score (nSPS) is 28.0. The molecular formula is C32H44BrN3O4S. The van der Waals surface area contributed by atoms with E-state index in [1.54, 1.807) is 33.7 Å². The van der Waals surface area contributed by atoms with Crippen molar-refractivity contribution in [3.63, 3.8) is 0 Å². The Bertz CT molecular complexity index is 1100. The van der Waals surface area contributed by atoms with Gasteiger partial charge >= 0.3 is 0 Å². The van der Waals surface area contributed by atoms with Crippen LogP contribution in [0.3, 0.4) is 0 Å². The summed E-state index contributed by atoms with van der Waals surface area (Å²) in [6, 6.07) is 8.90. The molecule has 3 saturated heterocycles. The van der Waals surface area contributed by atoms with Gasteiger partial charge in [-0.1, -0.05) is 66.0 Å². The summed E-state index contributed by atoms with van der Waals surface area (Å²) < 4.78 is -0.676. The molecule has 0 radical (unpaired) electrons. The van der Waals surface area contributed by atoms with Crippen molar-refractivity contribution in [1.82, 2.24) is 9.80 Å². The fourth-order valence-corrected chi connectivity index (χ4v) is 10.5. The van der Waals surface area contributed by atoms with Gasteiger partial charge in [0.2, 0.25) is 17.7 Å². The fourth-order valence-electron chi connectivity index (χ4n) is 6.91. The van der Waals surface area contributed by atoms with E-state index >= 15 is 0 Å². The molecule has 3 amide bonds. The summed E-state index contributed by atoms with van der Waals surface area (Å²) in [4.78, 5) is 48.6. The molecule has 1 N–H and O–H groups in total. The highest BCUT2D eigenvalue weighted by molar-refractivity contribution is 9.09. The average Bonchev–Trinajstić information content (AvgIpc) is 3.56. The van der Waals surface area contributed by atoms with Crippen LogP contribution in [0.1, 0.15) is 51.9 Å². The zero-order chi connectivity index (χ0) is 29.6. The van der Waals surface area contributed by atoms with Gasteiger partial charge < -0.3 is 19.8 Å². The van der Waals surface area contributed by atoms with Crippen LogP contribution in [0, 0.1) is 11.8 Å². The second-order valence-electron chi connectivity index (χ2n) is 11.3. The summed E-state index contributed by atoms with van der Waals surface area (Å²) >= 11 is 5.56. The number of thioether (sulfide) groups is 1. The maximum atomic E-state index is 14.4. The summed E-state index contributed by atoms with van der Waals surface area (Å²) in [6.07, 6.45) is 9.24. The number of halogens is 1. The number of hydrogen-bond donors (Lipinski definition) is 1. The van der Waals surface area contributed by atoms with Crippen LogP contribution in [-0.2, 0) is 14.4 Å². The maximum absolute atomic E-state index is 14.4. The van der Waals surface area contributed by atoms with Crippen LogP contribution >= 0.6 is 27.7 Å². The summed E-state index contributed by atoms with van der Waals surface area (Å²) in [5.74, 6) is -1.32. The van der Waals surface area contributed by atoms with Crippen LogP contribution in [0.25, 0.3) is 0 Å². The van der Waals surface area contributed by atoms with Crippen LogP contribution in [0.2, 0.25) is 0 Å². The third-order valence-corrected chi connectivity index (χ3v) is 11.9. The minimum atomic E-state index is -0.676. The van der Waals surface area contributed by atoms with Gasteiger partial charge in [0, 0.05) is 48.6 Å². The van der Waals surface area contributed by atoms with E-state index in [1.807, 2.05) is 35.2 Å². The lowest BCUT2D eigenvalue weighted by molar-refractivity contribution is -0.142. The standard InChI is InChI=1S/C32H44BrN3O4S/c1-4-7-12-19-34(17-5-2)31(40)28-32-22-24(33)27(41-32)25(26(32)30(39)36(28)20-13-9-14-21-37)29(38)35(18-6-3)23-15-10-8-11-16-23/h5-6,8,10-11,15-16,24-28,37H,2-4,7,9,12-14,17-22H2,1H3/t24?,25-,26-,27-,28?,32?/m0/s1. The molecule has 0 aromatic heterocycles. The van der Waals surface area contributed by atoms with Gasteiger partial charge in [0.15, 0.2) is 0 Å². The predicted molar refractivity (Wildman–Crippen MR) is 170 cm³/mol. The number of carbonyl (C=O) groups excluding carboxylic acids is 3. The zero-order valence-electron chi connectivity index (χ0n) is 24.1. The van der Waals surface area contributed by atoms with E-state index in [0.717, 1.165) is 31.4 Å². The number of rotatable bonds is 16. The molecule has 9 heteroatoms. The average molecular weight is 647 g/mol. The second kappa shape index (κ2) is 14.4. The molecule has 41 heavy (non-hydrogen) atoms. The Balaban J connectivity index is 1.72. The summed E-state index contributed by atoms with van der Waals surface area (Å²) in [7, 11) is 0. The second-order valence-corrected chi connectivity index (χ2v) is 14.0. The number of benzene rings is 1. The van der Waals surface area contributed by atoms with Gasteiger partial charge in [-0.2, -0.15) is 0 Å². The first kappa shape index (κ1) is 31.8. The Labute approximate surface area is 257 Å². The van der Waals surface area contributed by atoms with E-state index in [-0.39, 0.29) is 34.4 Å². The first-order valence-electron chi connectivity index (χ1n) is 15.0. The number of nitrogens with zero attached hydrogens (tertiary/aromatic N) is 3. The van der Waals surface area contributed by atoms with Gasteiger partial charge in [-0.3, -0.25) is 14.4 Å². The Kier molecular flexibility index (Phi) is 11.2. The highest BCUT2D eigenvalue weighted by Gasteiger charge is 2.76. The number of para-hydroxylation sites is 1. The van der Waals surface area contributed by atoms with Crippen molar-refractivity contribution >= 4 is 51.1 Å². The van der Waals surface area contributed by atoms with Crippen LogP contribution in [0.4, 0.5) is 5.69 Å². The van der Waals surface area contributed by atoms with Gasteiger partial charge in [-0.15, -0.1) is 24.9 Å². The molecule has 3 aliphatic heterocycles. The summed E-state index contributed by atoms with van der Waals surface area (Å²) in [6.45, 7) is 11.9. The molecule has 2 bridgehead atoms. The Hall–Kier alpha value is -2.10. The minimum Gasteiger partial charge on any atom is -0.396 e. The number of amides is 3. The van der Waals surface area contributed by atoms with Crippen molar-refractivity contribution in [2.24, 2.45) is 11.8 Å². The lowest BCUT2D eigenvalue weighted by Gasteiger charge is -2.38. The highest BCUT2D eigenvalue weighted by Crippen LogP contribution is 2.68. The molecule has 6 atom stereocenters. The van der Waals surface area contributed by atoms with Gasteiger partial charge in [-0.05, 0) is 44.2 Å². The van der Waals surface area contributed by atoms with Crippen LogP contribution in [0.5, 0.6) is 0 Å². The number of alkyl halides is 1. The van der Waals surface area contributed by atoms with Crippen molar-refractivity contribution in [2.75, 3.05) is 37.7 Å². The quantitative estimate of drug-likeness (QED) is 0.155. The number of carbonyl (C=O) groups is 3. The van der Waals surface area contributed by atoms with Gasteiger partial charge in [0.25, 0.3) is 0 Å². The molecule has 3 heterocycles. The summed E-state index contributed by atoms with van der Waals surface area (Å²) in [5, 5.41) is 9.20. The first-order valence-corrected chi connectivity index (χ1v) is 16.8. The molecule has 0 aliphatic carbocycles. The van der Waals surface area contributed by atoms with Crippen molar-refractivity contribution in [1.29, 1.82) is 0 Å². The molecule has 224 valence electrons. The molecule has 3 unspecified atom stereocenters. The van der Waals surface area contributed by atoms with E-state index in [9.17, 15) is 19.5 Å². The van der Waals surface area contributed by atoms with Crippen molar-refractivity contribution in [3.05, 3.63) is 55.6 Å². The molecule has 1 aromatic rings. The topological polar surface area (TPSA) is 81.2 Å². The SMILES string of the molecule is C=CCN(CCCCC)C(=O)C1N(CCCCCO)C(=O)[C@@H]2[C@H](C(=O)N(CC=C)c3ccccc3)[C@H]3SC12CC3Br. The Morgan fingerprint density at radius 1 is 1.10 bits per heavy atom. The molecule has 3 fully saturated rings. The number of unbranched alkanes of at least 4 members (excludes halogenated alkanes) is 4. The van der Waals surface area contributed by atoms with E-state index < -0.39 is 22.6 Å². The van der Waals surface area contributed by atoms with Crippen LogP contribution in [0.15, 0.2) is 55.6 Å². The lowest BCUT2D eigenvalue weighted by atomic mass is 9.70. The largest absolute Gasteiger partial charge is 0.396 e.